The van der Waals surface area contributed by atoms with E-state index >= 15 is 0 Å². The number of fused-ring (bicyclic) bond motifs is 6. The highest BCUT2D eigenvalue weighted by Gasteiger charge is 2.58. The topological polar surface area (TPSA) is 189 Å². The lowest BCUT2D eigenvalue weighted by Gasteiger charge is -2.40. The summed E-state index contributed by atoms with van der Waals surface area (Å²) in [5.41, 5.74) is 10.5. The van der Waals surface area contributed by atoms with E-state index in [2.05, 4.69) is 63.8 Å². The number of aromatic amines is 2. The van der Waals surface area contributed by atoms with Gasteiger partial charge in [0.2, 0.25) is 5.91 Å². The Morgan fingerprint density at radius 3 is 2.31 bits per heavy atom. The molecule has 5 N–H and O–H groups in total. The zero-order valence-electron chi connectivity index (χ0n) is 34.3. The van der Waals surface area contributed by atoms with E-state index in [0.29, 0.717) is 11.7 Å². The molecule has 4 aliphatic rings. The van der Waals surface area contributed by atoms with E-state index in [1.165, 1.54) is 14.2 Å². The van der Waals surface area contributed by atoms with E-state index in [1.54, 1.807) is 18.7 Å². The second kappa shape index (κ2) is 14.5. The summed E-state index contributed by atoms with van der Waals surface area (Å²) in [7, 11) is 2.57. The van der Waals surface area contributed by atoms with Crippen molar-refractivity contribution in [3.8, 4) is 22.4 Å². The molecule has 2 aliphatic heterocycles. The normalized spacial score (nSPS) is 24.8. The number of benzene rings is 3. The van der Waals surface area contributed by atoms with Crippen LogP contribution in [-0.4, -0.2) is 91.5 Å². The van der Waals surface area contributed by atoms with Crippen molar-refractivity contribution in [3.63, 3.8) is 0 Å². The number of rotatable bonds is 10. The first-order valence-corrected chi connectivity index (χ1v) is 20.8. The Morgan fingerprint density at radius 2 is 1.59 bits per heavy atom. The summed E-state index contributed by atoms with van der Waals surface area (Å²) in [6.07, 6.45) is 5.71. The molecule has 2 aliphatic carbocycles. The van der Waals surface area contributed by atoms with Gasteiger partial charge in [-0.1, -0.05) is 70.2 Å². The van der Waals surface area contributed by atoms with Crippen LogP contribution >= 0.6 is 0 Å². The molecule has 0 spiro atoms. The number of hydrogen-bond donors (Lipinski definition) is 4. The molecule has 8 atom stereocenters. The van der Waals surface area contributed by atoms with Crippen molar-refractivity contribution in [1.82, 2.24) is 35.1 Å². The van der Waals surface area contributed by atoms with Crippen molar-refractivity contribution >= 4 is 45.7 Å². The van der Waals surface area contributed by atoms with Crippen LogP contribution in [0.1, 0.15) is 83.5 Å². The van der Waals surface area contributed by atoms with E-state index in [9.17, 15) is 19.2 Å². The molecule has 5 aromatic rings. The van der Waals surface area contributed by atoms with Crippen LogP contribution in [0.4, 0.5) is 4.79 Å². The van der Waals surface area contributed by atoms with Gasteiger partial charge in [0.1, 0.15) is 17.7 Å². The number of nitrogens with two attached hydrogens (primary N) is 1. The lowest BCUT2D eigenvalue weighted by Crippen LogP contribution is -2.65. The molecule has 59 heavy (non-hydrogen) atoms. The highest BCUT2D eigenvalue weighted by Crippen LogP contribution is 2.54. The molecule has 2 bridgehead atoms. The summed E-state index contributed by atoms with van der Waals surface area (Å²) in [5.74, 6) is 0.338. The van der Waals surface area contributed by atoms with Crippen LogP contribution in [-0.2, 0) is 23.9 Å². The van der Waals surface area contributed by atoms with Crippen molar-refractivity contribution < 1.29 is 28.7 Å². The minimum absolute atomic E-state index is 0.00436. The van der Waals surface area contributed by atoms with E-state index in [1.807, 2.05) is 31.0 Å². The molecule has 9 rings (SSSR count). The van der Waals surface area contributed by atoms with Crippen LogP contribution in [0.5, 0.6) is 0 Å². The van der Waals surface area contributed by atoms with E-state index < -0.39 is 35.5 Å². The first-order chi connectivity index (χ1) is 28.3. The molecule has 2 saturated heterocycles. The molecule has 4 fully saturated rings. The van der Waals surface area contributed by atoms with Crippen molar-refractivity contribution in [3.05, 3.63) is 72.4 Å². The molecule has 3 amide bonds. The number of carbonyl (C=O) groups is 4. The Balaban J connectivity index is 0.941. The van der Waals surface area contributed by atoms with Gasteiger partial charge in [-0.05, 0) is 90.0 Å². The largest absolute Gasteiger partial charge is 0.467 e. The number of nitrogens with one attached hydrogen (secondary N) is 3. The smallest absolute Gasteiger partial charge is 0.407 e. The standard InChI is InChI=1S/C45H52N8O6/c1-22(2)36(51-44(57)59-6)41(54)53-34-19-29(34)20-35(53)39-48-32-16-13-27-17-26(12-15-31(27)37(32)50-39)24-7-9-25(10-8-24)33-21-47-40(49-33)38-28-11-14-30(18-28)52(38)42(55)45(46,23(3)4)43(56)58-5/h7-10,12-13,15-17,21-23,28-30,34-36,38H,11,14,18-20,46H2,1-6H3,(H,47,49)(H,48,50)(H,51,57). The van der Waals surface area contributed by atoms with Gasteiger partial charge in [0.25, 0.3) is 5.91 Å². The third kappa shape index (κ3) is 6.34. The number of esters is 1. The maximum atomic E-state index is 14.1. The molecule has 4 heterocycles. The van der Waals surface area contributed by atoms with Crippen LogP contribution in [0.25, 0.3) is 44.2 Å². The van der Waals surface area contributed by atoms with Gasteiger partial charge in [-0.3, -0.25) is 9.59 Å². The Hall–Kier alpha value is -5.76. The van der Waals surface area contributed by atoms with Gasteiger partial charge >= 0.3 is 12.1 Å². The third-order valence-electron chi connectivity index (χ3n) is 13.6. The monoisotopic (exact) mass is 800 g/mol. The van der Waals surface area contributed by atoms with Crippen molar-refractivity contribution in [2.75, 3.05) is 14.2 Å². The Bertz CT molecular complexity index is 2470. The van der Waals surface area contributed by atoms with Crippen molar-refractivity contribution in [2.24, 2.45) is 29.4 Å². The molecule has 2 saturated carbocycles. The predicted octanol–water partition coefficient (Wildman–Crippen LogP) is 6.39. The fourth-order valence-corrected chi connectivity index (χ4v) is 10.1. The quantitative estimate of drug-likeness (QED) is 0.0916. The summed E-state index contributed by atoms with van der Waals surface area (Å²) in [6.45, 7) is 7.39. The molecule has 3 aromatic carbocycles. The van der Waals surface area contributed by atoms with E-state index in [0.717, 1.165) is 82.1 Å². The molecule has 14 heteroatoms. The van der Waals surface area contributed by atoms with Gasteiger partial charge in [-0.15, -0.1) is 0 Å². The fraction of sp³-hybridized carbons (Fsp3) is 0.467. The summed E-state index contributed by atoms with van der Waals surface area (Å²) in [6, 6.07) is 17.8. The predicted molar refractivity (Wildman–Crippen MR) is 221 cm³/mol. The summed E-state index contributed by atoms with van der Waals surface area (Å²) in [5, 5.41) is 4.86. The average Bonchev–Trinajstić information content (AvgIpc) is 3.86. The van der Waals surface area contributed by atoms with Gasteiger partial charge in [-0.25, -0.2) is 19.6 Å². The molecular formula is C45H52N8O6. The number of nitrogens with zero attached hydrogens (tertiary/aromatic N) is 4. The molecule has 308 valence electrons. The number of carbonyl (C=O) groups excluding carboxylic acids is 4. The molecule has 14 nitrogen and oxygen atoms in total. The number of likely N-dealkylation sites (tertiary alicyclic amines) is 2. The number of aromatic nitrogens is 4. The molecule has 0 radical (unpaired) electrons. The molecule has 8 unspecified atom stereocenters. The van der Waals surface area contributed by atoms with E-state index in [-0.39, 0.29) is 41.9 Å². The van der Waals surface area contributed by atoms with Crippen molar-refractivity contribution in [2.45, 2.75) is 95.5 Å². The van der Waals surface area contributed by atoms with Gasteiger partial charge in [0.05, 0.1) is 49.2 Å². The first kappa shape index (κ1) is 38.7. The van der Waals surface area contributed by atoms with E-state index in [4.69, 9.17) is 25.2 Å². The van der Waals surface area contributed by atoms with Gasteiger partial charge in [0, 0.05) is 17.5 Å². The fourth-order valence-electron chi connectivity index (χ4n) is 10.1. The number of hydrogen-bond acceptors (Lipinski definition) is 9. The SMILES string of the molecule is COC(=O)NC(C(=O)N1C(c2nc3ccc4cc(-c5ccc(-c6cnc(C7C8CCC(C8)N7C(=O)C(N)(C(=O)OC)C(C)C)[nH]6)cc5)ccc4c3[nH]2)CC2CC21)C(C)C. The number of alkyl carbamates (subject to hydrolysis) is 1. The van der Waals surface area contributed by atoms with Crippen LogP contribution < -0.4 is 11.1 Å². The number of imidazole rings is 2. The minimum Gasteiger partial charge on any atom is -0.467 e. The lowest BCUT2D eigenvalue weighted by molar-refractivity contribution is -0.160. The summed E-state index contributed by atoms with van der Waals surface area (Å²) in [4.78, 5) is 73.6. The lowest BCUT2D eigenvalue weighted by atomic mass is 9.84. The third-order valence-corrected chi connectivity index (χ3v) is 13.6. The number of ether oxygens (including phenoxy) is 2. The van der Waals surface area contributed by atoms with Crippen LogP contribution in [0.15, 0.2) is 60.8 Å². The van der Waals surface area contributed by atoms with Gasteiger partial charge in [0.15, 0.2) is 5.54 Å². The summed E-state index contributed by atoms with van der Waals surface area (Å²) >= 11 is 0. The number of methoxy groups -OCH3 is 2. The highest BCUT2D eigenvalue weighted by molar-refractivity contribution is 6.08. The van der Waals surface area contributed by atoms with Gasteiger partial charge < -0.3 is 40.3 Å². The number of H-pyrrole nitrogens is 2. The second-order valence-corrected chi connectivity index (χ2v) is 17.6. The Labute approximate surface area is 342 Å². The summed E-state index contributed by atoms with van der Waals surface area (Å²) < 4.78 is 9.83. The van der Waals surface area contributed by atoms with Gasteiger partial charge in [-0.2, -0.15) is 0 Å². The highest BCUT2D eigenvalue weighted by atomic mass is 16.5. The Kier molecular flexibility index (Phi) is 9.52. The van der Waals surface area contributed by atoms with Crippen LogP contribution in [0, 0.1) is 23.7 Å². The van der Waals surface area contributed by atoms with Crippen molar-refractivity contribution in [1.29, 1.82) is 0 Å². The van der Waals surface area contributed by atoms with Crippen LogP contribution in [0.2, 0.25) is 0 Å². The Morgan fingerprint density at radius 1 is 0.847 bits per heavy atom. The molecular weight excluding hydrogens is 749 g/mol. The maximum absolute atomic E-state index is 14.1. The zero-order valence-corrected chi connectivity index (χ0v) is 34.3. The second-order valence-electron chi connectivity index (χ2n) is 17.6. The number of piperidine rings is 2. The number of amides is 3. The maximum Gasteiger partial charge on any atom is 0.407 e. The zero-order chi connectivity index (χ0) is 41.5. The molecule has 2 aromatic heterocycles. The first-order valence-electron chi connectivity index (χ1n) is 20.8. The van der Waals surface area contributed by atoms with Crippen LogP contribution in [0.3, 0.4) is 0 Å². The minimum atomic E-state index is -1.78. The average molecular weight is 801 g/mol.